The average Bonchev–Trinajstić information content (AvgIpc) is 2.90. The fraction of sp³-hybridized carbons (Fsp3) is 0.421. The topological polar surface area (TPSA) is 32.3 Å². The van der Waals surface area contributed by atoms with Gasteiger partial charge in [0.05, 0.1) is 0 Å². The van der Waals surface area contributed by atoms with Gasteiger partial charge in [-0.3, -0.25) is 10.2 Å². The molecule has 0 aromatic heterocycles. The molecule has 134 valence electrons. The molecule has 1 fully saturated rings. The summed E-state index contributed by atoms with van der Waals surface area (Å²) in [4.78, 5) is 11.4. The van der Waals surface area contributed by atoms with Crippen molar-refractivity contribution in [2.24, 2.45) is 0 Å². The summed E-state index contributed by atoms with van der Waals surface area (Å²) in [5.41, 5.74) is 3.28. The van der Waals surface area contributed by atoms with E-state index in [-0.39, 0.29) is 29.9 Å². The van der Waals surface area contributed by atoms with Gasteiger partial charge in [-0.15, -0.1) is 0 Å². The Morgan fingerprint density at radius 1 is 1.12 bits per heavy atom. The third kappa shape index (κ3) is 3.49. The molecular formula is C19H21F3N2O. The highest BCUT2D eigenvalue weighted by Crippen LogP contribution is 2.40. The van der Waals surface area contributed by atoms with E-state index in [0.717, 1.165) is 21.3 Å². The van der Waals surface area contributed by atoms with Crippen LogP contribution in [0.3, 0.4) is 0 Å². The van der Waals surface area contributed by atoms with Crippen LogP contribution in [0.4, 0.5) is 13.2 Å². The number of nitrogens with zero attached hydrogens (tertiary/aromatic N) is 1. The third-order valence-corrected chi connectivity index (χ3v) is 4.50. The number of carbonyl (C=O) groups is 1. The second-order valence-electron chi connectivity index (χ2n) is 7.46. The van der Waals surface area contributed by atoms with Gasteiger partial charge in [-0.2, -0.15) is 13.2 Å². The molecule has 1 aliphatic rings. The van der Waals surface area contributed by atoms with Crippen LogP contribution < -0.4 is 5.43 Å². The highest BCUT2D eigenvalue weighted by Gasteiger charge is 2.47. The molecule has 3 nitrogen and oxygen atoms in total. The molecule has 2 aromatic rings. The van der Waals surface area contributed by atoms with Gasteiger partial charge >= 0.3 is 6.18 Å². The number of amides is 1. The first kappa shape index (κ1) is 17.7. The van der Waals surface area contributed by atoms with E-state index in [1.165, 1.54) is 6.07 Å². The quantitative estimate of drug-likeness (QED) is 0.866. The molecule has 1 saturated heterocycles. The van der Waals surface area contributed by atoms with Crippen molar-refractivity contribution in [3.8, 4) is 0 Å². The van der Waals surface area contributed by atoms with E-state index in [9.17, 15) is 18.0 Å². The average molecular weight is 350 g/mol. The minimum atomic E-state index is -4.48. The number of hydrogen-bond acceptors (Lipinski definition) is 2. The maximum Gasteiger partial charge on any atom is 0.409 e. The van der Waals surface area contributed by atoms with Crippen molar-refractivity contribution in [3.05, 3.63) is 47.5 Å². The Kier molecular flexibility index (Phi) is 4.27. The molecule has 3 rings (SSSR count). The van der Waals surface area contributed by atoms with Gasteiger partial charge < -0.3 is 0 Å². The van der Waals surface area contributed by atoms with Gasteiger partial charge in [0.15, 0.2) is 0 Å². The van der Waals surface area contributed by atoms with E-state index < -0.39 is 12.2 Å². The third-order valence-electron chi connectivity index (χ3n) is 4.50. The summed E-state index contributed by atoms with van der Waals surface area (Å²) < 4.78 is 41.2. The predicted octanol–water partition coefficient (Wildman–Crippen LogP) is 4.48. The molecule has 1 N–H and O–H groups in total. The van der Waals surface area contributed by atoms with E-state index >= 15 is 0 Å². The van der Waals surface area contributed by atoms with Crippen LogP contribution in [0.1, 0.15) is 44.4 Å². The van der Waals surface area contributed by atoms with Crippen molar-refractivity contribution in [3.63, 3.8) is 0 Å². The number of rotatable bonds is 2. The Hall–Kier alpha value is -2.08. The van der Waals surface area contributed by atoms with E-state index in [4.69, 9.17) is 0 Å². The van der Waals surface area contributed by atoms with Gasteiger partial charge in [0, 0.05) is 13.0 Å². The summed E-state index contributed by atoms with van der Waals surface area (Å²) in [6, 6.07) is 8.74. The first-order valence-corrected chi connectivity index (χ1v) is 8.23. The van der Waals surface area contributed by atoms with Crippen LogP contribution in [-0.4, -0.2) is 23.6 Å². The van der Waals surface area contributed by atoms with E-state index in [1.807, 2.05) is 39.0 Å². The molecule has 25 heavy (non-hydrogen) atoms. The summed E-state index contributed by atoms with van der Waals surface area (Å²) in [7, 11) is 0. The number of carbonyl (C=O) groups excluding carboxylic acids is 1. The second-order valence-corrected chi connectivity index (χ2v) is 7.46. The summed E-state index contributed by atoms with van der Waals surface area (Å²) >= 11 is 0. The van der Waals surface area contributed by atoms with E-state index in [0.29, 0.717) is 0 Å². The number of halogens is 3. The molecule has 1 amide bonds. The van der Waals surface area contributed by atoms with Gasteiger partial charge in [0.2, 0.25) is 5.91 Å². The van der Waals surface area contributed by atoms with Crippen LogP contribution >= 0.6 is 0 Å². The number of hydrogen-bond donors (Lipinski definition) is 1. The zero-order valence-corrected chi connectivity index (χ0v) is 14.4. The predicted molar refractivity (Wildman–Crippen MR) is 90.9 cm³/mol. The van der Waals surface area contributed by atoms with Crippen molar-refractivity contribution >= 4 is 16.7 Å². The molecule has 6 heteroatoms. The first-order chi connectivity index (χ1) is 11.6. The Morgan fingerprint density at radius 2 is 1.84 bits per heavy atom. The number of fused-ring (bicyclic) bond motifs is 1. The number of hydrazine groups is 1. The number of nitrogens with one attached hydrogen (secondary N) is 1. The lowest BCUT2D eigenvalue weighted by molar-refractivity contribution is -0.191. The molecule has 1 unspecified atom stereocenters. The van der Waals surface area contributed by atoms with Crippen molar-refractivity contribution < 1.29 is 18.0 Å². The van der Waals surface area contributed by atoms with Gasteiger partial charge in [-0.05, 0) is 33.4 Å². The van der Waals surface area contributed by atoms with Gasteiger partial charge in [0.1, 0.15) is 6.04 Å². The standard InChI is InChI=1S/C19H21F3N2O/c1-18(2,3)15-6-4-5-12-7-8-13(11-14(12)15)17(19(20,21)22)24-10-9-16(25)23-24/h4-8,11,17H,9-10H2,1-3H3,(H,23,25). The van der Waals surface area contributed by atoms with Crippen LogP contribution in [0.25, 0.3) is 10.8 Å². The molecule has 0 bridgehead atoms. The normalized spacial score (nSPS) is 17.8. The minimum Gasteiger partial charge on any atom is -0.288 e. The van der Waals surface area contributed by atoms with Crippen LogP contribution in [0.5, 0.6) is 0 Å². The summed E-state index contributed by atoms with van der Waals surface area (Å²) in [6.45, 7) is 6.16. The number of alkyl halides is 3. The van der Waals surface area contributed by atoms with Gasteiger partial charge in [-0.25, -0.2) is 5.01 Å². The zero-order valence-electron chi connectivity index (χ0n) is 14.4. The largest absolute Gasteiger partial charge is 0.409 e. The Morgan fingerprint density at radius 3 is 2.40 bits per heavy atom. The molecular weight excluding hydrogens is 329 g/mol. The van der Waals surface area contributed by atoms with E-state index in [1.54, 1.807) is 12.1 Å². The maximum atomic E-state index is 13.7. The highest BCUT2D eigenvalue weighted by molar-refractivity contribution is 5.87. The van der Waals surface area contributed by atoms with Crippen molar-refractivity contribution in [2.45, 2.75) is 44.8 Å². The maximum absolute atomic E-state index is 13.7. The van der Waals surface area contributed by atoms with Gasteiger partial charge in [0.25, 0.3) is 0 Å². The molecule has 2 aromatic carbocycles. The number of benzene rings is 2. The first-order valence-electron chi connectivity index (χ1n) is 8.23. The summed E-state index contributed by atoms with van der Waals surface area (Å²) in [6.07, 6.45) is -4.41. The Bertz CT molecular complexity index is 808. The fourth-order valence-corrected chi connectivity index (χ4v) is 3.35. The van der Waals surface area contributed by atoms with Gasteiger partial charge in [-0.1, -0.05) is 51.1 Å². The van der Waals surface area contributed by atoms with Crippen molar-refractivity contribution in [2.75, 3.05) is 6.54 Å². The van der Waals surface area contributed by atoms with Crippen LogP contribution in [-0.2, 0) is 10.2 Å². The van der Waals surface area contributed by atoms with Crippen LogP contribution in [0, 0.1) is 0 Å². The van der Waals surface area contributed by atoms with Crippen molar-refractivity contribution in [1.29, 1.82) is 0 Å². The molecule has 1 atom stereocenters. The fourth-order valence-electron chi connectivity index (χ4n) is 3.35. The summed E-state index contributed by atoms with van der Waals surface area (Å²) in [5.74, 6) is -0.384. The Labute approximate surface area is 144 Å². The minimum absolute atomic E-state index is 0.0436. The molecule has 1 heterocycles. The molecule has 1 aliphatic heterocycles. The Balaban J connectivity index is 2.14. The molecule has 0 radical (unpaired) electrons. The summed E-state index contributed by atoms with van der Waals surface area (Å²) in [5, 5.41) is 2.71. The van der Waals surface area contributed by atoms with Crippen LogP contribution in [0.2, 0.25) is 0 Å². The smallest absolute Gasteiger partial charge is 0.288 e. The molecule has 0 saturated carbocycles. The SMILES string of the molecule is CC(C)(C)c1cccc2ccc(C(N3CCC(=O)N3)C(F)(F)F)cc12. The highest BCUT2D eigenvalue weighted by atomic mass is 19.4. The molecule has 0 aliphatic carbocycles. The lowest BCUT2D eigenvalue weighted by atomic mass is 9.83. The van der Waals surface area contributed by atoms with E-state index in [2.05, 4.69) is 5.43 Å². The van der Waals surface area contributed by atoms with Crippen LogP contribution in [0.15, 0.2) is 36.4 Å². The second kappa shape index (κ2) is 6.02. The monoisotopic (exact) mass is 350 g/mol. The molecule has 0 spiro atoms. The lowest BCUT2D eigenvalue weighted by Gasteiger charge is -2.30. The lowest BCUT2D eigenvalue weighted by Crippen LogP contribution is -2.43. The van der Waals surface area contributed by atoms with Crippen molar-refractivity contribution in [1.82, 2.24) is 10.4 Å². The zero-order chi connectivity index (χ0) is 18.4.